The standard InChI is InChI=1S/C20H26N4/c1-17(15-19-7-4-3-5-8-19)16-23-11-6-12-24(14-13-23)20-10-9-18(2)21-22-20/h3-5,7-10,15H,6,11-14,16H2,1-2H3. The molecule has 1 aliphatic heterocycles. The molecule has 4 heteroatoms. The second-order valence-corrected chi connectivity index (χ2v) is 6.55. The minimum absolute atomic E-state index is 0.969. The zero-order chi connectivity index (χ0) is 16.8. The van der Waals surface area contributed by atoms with Gasteiger partial charge >= 0.3 is 0 Å². The van der Waals surface area contributed by atoms with E-state index in [1.165, 1.54) is 11.1 Å². The maximum Gasteiger partial charge on any atom is 0.151 e. The number of rotatable bonds is 4. The van der Waals surface area contributed by atoms with Crippen molar-refractivity contribution in [2.45, 2.75) is 20.3 Å². The van der Waals surface area contributed by atoms with E-state index in [0.29, 0.717) is 0 Å². The molecule has 4 nitrogen and oxygen atoms in total. The minimum Gasteiger partial charge on any atom is -0.354 e. The lowest BCUT2D eigenvalue weighted by Crippen LogP contribution is -2.32. The maximum absolute atomic E-state index is 4.33. The van der Waals surface area contributed by atoms with Gasteiger partial charge in [-0.1, -0.05) is 42.0 Å². The summed E-state index contributed by atoms with van der Waals surface area (Å²) in [5.74, 6) is 0.999. The van der Waals surface area contributed by atoms with Gasteiger partial charge in [0.25, 0.3) is 0 Å². The van der Waals surface area contributed by atoms with Crippen molar-refractivity contribution in [2.24, 2.45) is 0 Å². The quantitative estimate of drug-likeness (QED) is 0.863. The van der Waals surface area contributed by atoms with Crippen LogP contribution in [0.25, 0.3) is 6.08 Å². The molecule has 1 aliphatic rings. The fourth-order valence-electron chi connectivity index (χ4n) is 3.15. The van der Waals surface area contributed by atoms with E-state index < -0.39 is 0 Å². The van der Waals surface area contributed by atoms with Gasteiger partial charge in [0.1, 0.15) is 0 Å². The maximum atomic E-state index is 4.33. The second kappa shape index (κ2) is 8.06. The highest BCUT2D eigenvalue weighted by Gasteiger charge is 2.16. The van der Waals surface area contributed by atoms with Crippen LogP contribution in [-0.4, -0.2) is 47.8 Å². The summed E-state index contributed by atoms with van der Waals surface area (Å²) in [5.41, 5.74) is 3.66. The average molecular weight is 322 g/mol. The van der Waals surface area contributed by atoms with Crippen LogP contribution in [0.4, 0.5) is 5.82 Å². The molecule has 0 atom stereocenters. The lowest BCUT2D eigenvalue weighted by Gasteiger charge is -2.22. The first-order valence-electron chi connectivity index (χ1n) is 8.70. The minimum atomic E-state index is 0.969. The topological polar surface area (TPSA) is 32.3 Å². The zero-order valence-corrected chi connectivity index (χ0v) is 14.7. The Kier molecular flexibility index (Phi) is 5.59. The van der Waals surface area contributed by atoms with Gasteiger partial charge in [-0.05, 0) is 38.0 Å². The van der Waals surface area contributed by atoms with Gasteiger partial charge in [-0.25, -0.2) is 0 Å². The second-order valence-electron chi connectivity index (χ2n) is 6.55. The molecule has 0 radical (unpaired) electrons. The predicted molar refractivity (Wildman–Crippen MR) is 100 cm³/mol. The molecule has 24 heavy (non-hydrogen) atoms. The van der Waals surface area contributed by atoms with E-state index in [9.17, 15) is 0 Å². The highest BCUT2D eigenvalue weighted by molar-refractivity contribution is 5.52. The van der Waals surface area contributed by atoms with Crippen LogP contribution in [0.1, 0.15) is 24.6 Å². The van der Waals surface area contributed by atoms with E-state index in [1.807, 2.05) is 13.0 Å². The third kappa shape index (κ3) is 4.65. The van der Waals surface area contributed by atoms with E-state index in [4.69, 9.17) is 0 Å². The average Bonchev–Trinajstić information content (AvgIpc) is 2.82. The van der Waals surface area contributed by atoms with Crippen molar-refractivity contribution in [2.75, 3.05) is 37.6 Å². The number of nitrogens with zero attached hydrogens (tertiary/aromatic N) is 4. The largest absolute Gasteiger partial charge is 0.354 e. The van der Waals surface area contributed by atoms with Crippen LogP contribution < -0.4 is 4.90 Å². The number of anilines is 1. The molecule has 3 rings (SSSR count). The first-order chi connectivity index (χ1) is 11.7. The molecular weight excluding hydrogens is 296 g/mol. The first kappa shape index (κ1) is 16.7. The molecule has 126 valence electrons. The van der Waals surface area contributed by atoms with Gasteiger partial charge in [-0.2, -0.15) is 5.10 Å². The Morgan fingerprint density at radius 1 is 1.00 bits per heavy atom. The number of aryl methyl sites for hydroxylation is 1. The van der Waals surface area contributed by atoms with Gasteiger partial charge in [0.15, 0.2) is 5.82 Å². The summed E-state index contributed by atoms with van der Waals surface area (Å²) in [7, 11) is 0. The molecule has 0 unspecified atom stereocenters. The van der Waals surface area contributed by atoms with Crippen LogP contribution in [-0.2, 0) is 0 Å². The summed E-state index contributed by atoms with van der Waals surface area (Å²) in [6.07, 6.45) is 3.45. The fraction of sp³-hybridized carbons (Fsp3) is 0.400. The molecule has 1 saturated heterocycles. The van der Waals surface area contributed by atoms with Gasteiger partial charge in [0.2, 0.25) is 0 Å². The van der Waals surface area contributed by atoms with Gasteiger partial charge in [-0.3, -0.25) is 4.90 Å². The van der Waals surface area contributed by atoms with E-state index in [2.05, 4.69) is 69.4 Å². The molecule has 0 spiro atoms. The zero-order valence-electron chi connectivity index (χ0n) is 14.7. The van der Waals surface area contributed by atoms with Gasteiger partial charge in [0, 0.05) is 32.7 Å². The van der Waals surface area contributed by atoms with Crippen LogP contribution >= 0.6 is 0 Å². The van der Waals surface area contributed by atoms with E-state index >= 15 is 0 Å². The highest BCUT2D eigenvalue weighted by atomic mass is 15.3. The molecule has 1 fully saturated rings. The van der Waals surface area contributed by atoms with E-state index in [1.54, 1.807) is 0 Å². The van der Waals surface area contributed by atoms with Crippen LogP contribution in [0.2, 0.25) is 0 Å². The summed E-state index contributed by atoms with van der Waals surface area (Å²) >= 11 is 0. The molecular formula is C20H26N4. The Bertz CT molecular complexity index is 664. The summed E-state index contributed by atoms with van der Waals surface area (Å²) in [6.45, 7) is 9.49. The van der Waals surface area contributed by atoms with Crippen LogP contribution in [0, 0.1) is 6.92 Å². The van der Waals surface area contributed by atoms with Crippen LogP contribution in [0.15, 0.2) is 48.0 Å². The Morgan fingerprint density at radius 2 is 1.83 bits per heavy atom. The molecule has 0 saturated carbocycles. The van der Waals surface area contributed by atoms with Crippen molar-refractivity contribution in [3.05, 3.63) is 59.3 Å². The Labute approximate surface area is 144 Å². The van der Waals surface area contributed by atoms with Crippen LogP contribution in [0.5, 0.6) is 0 Å². The van der Waals surface area contributed by atoms with Crippen molar-refractivity contribution >= 4 is 11.9 Å². The summed E-state index contributed by atoms with van der Waals surface area (Å²) in [5, 5.41) is 8.52. The molecule has 0 bridgehead atoms. The molecule has 0 N–H and O–H groups in total. The predicted octanol–water partition coefficient (Wildman–Crippen LogP) is 3.40. The van der Waals surface area contributed by atoms with Crippen molar-refractivity contribution in [3.63, 3.8) is 0 Å². The lowest BCUT2D eigenvalue weighted by atomic mass is 10.1. The van der Waals surface area contributed by atoms with Gasteiger partial charge in [-0.15, -0.1) is 5.10 Å². The molecule has 1 aromatic carbocycles. The van der Waals surface area contributed by atoms with Crippen molar-refractivity contribution in [1.82, 2.24) is 15.1 Å². The van der Waals surface area contributed by atoms with Gasteiger partial charge < -0.3 is 4.90 Å². The Balaban J connectivity index is 1.57. The summed E-state index contributed by atoms with van der Waals surface area (Å²) in [4.78, 5) is 4.89. The number of aromatic nitrogens is 2. The summed E-state index contributed by atoms with van der Waals surface area (Å²) in [6, 6.07) is 14.7. The number of hydrogen-bond donors (Lipinski definition) is 0. The highest BCUT2D eigenvalue weighted by Crippen LogP contribution is 2.14. The normalized spacial score (nSPS) is 16.9. The molecule has 2 aromatic rings. The molecule has 1 aromatic heterocycles. The number of hydrogen-bond acceptors (Lipinski definition) is 4. The Hall–Kier alpha value is -2.20. The third-order valence-electron chi connectivity index (χ3n) is 4.38. The smallest absolute Gasteiger partial charge is 0.151 e. The number of benzene rings is 1. The lowest BCUT2D eigenvalue weighted by molar-refractivity contribution is 0.319. The van der Waals surface area contributed by atoms with Crippen LogP contribution in [0.3, 0.4) is 0 Å². The third-order valence-corrected chi connectivity index (χ3v) is 4.38. The van der Waals surface area contributed by atoms with E-state index in [0.717, 1.165) is 50.7 Å². The van der Waals surface area contributed by atoms with Crippen molar-refractivity contribution in [1.29, 1.82) is 0 Å². The molecule has 0 aliphatic carbocycles. The summed E-state index contributed by atoms with van der Waals surface area (Å²) < 4.78 is 0. The first-order valence-corrected chi connectivity index (χ1v) is 8.70. The monoisotopic (exact) mass is 322 g/mol. The van der Waals surface area contributed by atoms with E-state index in [-0.39, 0.29) is 0 Å². The van der Waals surface area contributed by atoms with Crippen molar-refractivity contribution in [3.8, 4) is 0 Å². The molecule has 2 heterocycles. The van der Waals surface area contributed by atoms with Gasteiger partial charge in [0.05, 0.1) is 5.69 Å². The fourth-order valence-corrected chi connectivity index (χ4v) is 3.15. The van der Waals surface area contributed by atoms with Crippen molar-refractivity contribution < 1.29 is 0 Å². The Morgan fingerprint density at radius 3 is 2.58 bits per heavy atom. The molecule has 0 amide bonds. The SMILES string of the molecule is CC(=Cc1ccccc1)CN1CCCN(c2ccc(C)nn2)CC1.